The first-order valence-corrected chi connectivity index (χ1v) is 9.86. The van der Waals surface area contributed by atoms with Gasteiger partial charge in [0.2, 0.25) is 0 Å². The van der Waals surface area contributed by atoms with Crippen molar-refractivity contribution in [3.63, 3.8) is 0 Å². The Balaban J connectivity index is 1.57. The summed E-state index contributed by atoms with van der Waals surface area (Å²) in [4.78, 5) is 16.7. The molecule has 0 saturated carbocycles. The van der Waals surface area contributed by atoms with Gasteiger partial charge in [0.25, 0.3) is 5.91 Å². The van der Waals surface area contributed by atoms with E-state index >= 15 is 0 Å². The molecule has 1 aliphatic heterocycles. The maximum atomic E-state index is 12.9. The number of amides is 1. The fourth-order valence-electron chi connectivity index (χ4n) is 3.39. The molecule has 0 aliphatic carbocycles. The predicted molar refractivity (Wildman–Crippen MR) is 109 cm³/mol. The fraction of sp³-hybridized carbons (Fsp3) is 0.381. The SMILES string of the molecule is COc1cc(C(=O)N2CCN(Cc3ccc(OC(F)(F)F)cc3)CC2)cc(Cl)c1OC. The van der Waals surface area contributed by atoms with Gasteiger partial charge in [-0.2, -0.15) is 0 Å². The van der Waals surface area contributed by atoms with Gasteiger partial charge in [0.15, 0.2) is 11.5 Å². The number of nitrogens with zero attached hydrogens (tertiary/aromatic N) is 2. The normalized spacial score (nSPS) is 15.0. The van der Waals surface area contributed by atoms with Crippen molar-refractivity contribution in [1.82, 2.24) is 9.80 Å². The summed E-state index contributed by atoms with van der Waals surface area (Å²) >= 11 is 6.20. The van der Waals surface area contributed by atoms with Crippen LogP contribution in [0.4, 0.5) is 13.2 Å². The minimum absolute atomic E-state index is 0.156. The maximum absolute atomic E-state index is 12.9. The number of hydrogen-bond acceptors (Lipinski definition) is 5. The summed E-state index contributed by atoms with van der Waals surface area (Å²) in [6, 6.07) is 8.95. The van der Waals surface area contributed by atoms with E-state index in [1.807, 2.05) is 0 Å². The van der Waals surface area contributed by atoms with Crippen LogP contribution in [0.1, 0.15) is 15.9 Å². The molecule has 0 atom stereocenters. The van der Waals surface area contributed by atoms with E-state index in [2.05, 4.69) is 9.64 Å². The van der Waals surface area contributed by atoms with Crippen LogP contribution in [0.25, 0.3) is 0 Å². The number of benzene rings is 2. The molecule has 2 aromatic carbocycles. The van der Waals surface area contributed by atoms with Crippen molar-refractivity contribution in [2.45, 2.75) is 12.9 Å². The van der Waals surface area contributed by atoms with Crippen molar-refractivity contribution in [3.05, 3.63) is 52.5 Å². The molecule has 0 bridgehead atoms. The Morgan fingerprint density at radius 3 is 2.23 bits per heavy atom. The van der Waals surface area contributed by atoms with Gasteiger partial charge in [0.1, 0.15) is 5.75 Å². The Morgan fingerprint density at radius 2 is 1.68 bits per heavy atom. The second-order valence-corrected chi connectivity index (χ2v) is 7.36. The molecular formula is C21H22ClF3N2O4. The standard InChI is InChI=1S/C21H22ClF3N2O4/c1-29-18-12-15(11-17(22)19(18)30-2)20(28)27-9-7-26(8-10-27)13-14-3-5-16(6-4-14)31-21(23,24)25/h3-6,11-12H,7-10,13H2,1-2H3. The summed E-state index contributed by atoms with van der Waals surface area (Å²) in [5.41, 5.74) is 1.28. The highest BCUT2D eigenvalue weighted by Crippen LogP contribution is 2.36. The molecule has 0 unspecified atom stereocenters. The molecule has 1 saturated heterocycles. The number of hydrogen-bond donors (Lipinski definition) is 0. The average Bonchev–Trinajstić information content (AvgIpc) is 2.73. The summed E-state index contributed by atoms with van der Waals surface area (Å²) in [6.45, 7) is 2.86. The minimum atomic E-state index is -4.71. The second kappa shape index (κ2) is 9.65. The molecule has 0 spiro atoms. The molecule has 3 rings (SSSR count). The van der Waals surface area contributed by atoms with Crippen molar-refractivity contribution in [2.75, 3.05) is 40.4 Å². The van der Waals surface area contributed by atoms with E-state index in [1.54, 1.807) is 29.2 Å². The van der Waals surface area contributed by atoms with Gasteiger partial charge >= 0.3 is 6.36 Å². The van der Waals surface area contributed by atoms with Gasteiger partial charge in [-0.15, -0.1) is 13.2 Å². The van der Waals surface area contributed by atoms with Crippen molar-refractivity contribution in [1.29, 1.82) is 0 Å². The number of piperazine rings is 1. The lowest BCUT2D eigenvalue weighted by Gasteiger charge is -2.35. The fourth-order valence-corrected chi connectivity index (χ4v) is 3.68. The number of ether oxygens (including phenoxy) is 3. The summed E-state index contributed by atoms with van der Waals surface area (Å²) in [7, 11) is 2.95. The highest BCUT2D eigenvalue weighted by molar-refractivity contribution is 6.32. The molecule has 1 amide bonds. The van der Waals surface area contributed by atoms with E-state index in [4.69, 9.17) is 21.1 Å². The quantitative estimate of drug-likeness (QED) is 0.649. The first-order chi connectivity index (χ1) is 14.7. The summed E-state index contributed by atoms with van der Waals surface area (Å²) in [5.74, 6) is 0.350. The number of methoxy groups -OCH3 is 2. The largest absolute Gasteiger partial charge is 0.573 e. The molecule has 0 N–H and O–H groups in total. The molecule has 168 valence electrons. The molecule has 1 aliphatic rings. The van der Waals surface area contributed by atoms with Crippen LogP contribution in [0.15, 0.2) is 36.4 Å². The number of halogens is 4. The van der Waals surface area contributed by atoms with E-state index < -0.39 is 6.36 Å². The highest BCUT2D eigenvalue weighted by Gasteiger charge is 2.31. The number of alkyl halides is 3. The second-order valence-electron chi connectivity index (χ2n) is 6.95. The Labute approximate surface area is 183 Å². The third kappa shape index (κ3) is 5.95. The topological polar surface area (TPSA) is 51.2 Å². The molecule has 1 heterocycles. The van der Waals surface area contributed by atoms with Crippen molar-refractivity contribution in [2.24, 2.45) is 0 Å². The lowest BCUT2D eigenvalue weighted by molar-refractivity contribution is -0.274. The minimum Gasteiger partial charge on any atom is -0.493 e. The van der Waals surface area contributed by atoms with Crippen LogP contribution in [0, 0.1) is 0 Å². The smallest absolute Gasteiger partial charge is 0.493 e. The van der Waals surface area contributed by atoms with E-state index in [0.717, 1.165) is 5.56 Å². The highest BCUT2D eigenvalue weighted by atomic mass is 35.5. The monoisotopic (exact) mass is 458 g/mol. The molecule has 1 fully saturated rings. The lowest BCUT2D eigenvalue weighted by atomic mass is 10.1. The molecule has 0 aromatic heterocycles. The van der Waals surface area contributed by atoms with E-state index in [1.165, 1.54) is 26.4 Å². The lowest BCUT2D eigenvalue weighted by Crippen LogP contribution is -2.48. The summed E-state index contributed by atoms with van der Waals surface area (Å²) < 4.78 is 51.1. The van der Waals surface area contributed by atoms with Crippen LogP contribution in [0.2, 0.25) is 5.02 Å². The molecule has 10 heteroatoms. The van der Waals surface area contributed by atoms with Crippen LogP contribution in [-0.2, 0) is 6.54 Å². The summed E-state index contributed by atoms with van der Waals surface area (Å²) in [6.07, 6.45) is -4.71. The van der Waals surface area contributed by atoms with Gasteiger partial charge in [-0.25, -0.2) is 0 Å². The first kappa shape index (κ1) is 23.0. The van der Waals surface area contributed by atoms with Crippen molar-refractivity contribution < 1.29 is 32.2 Å². The van der Waals surface area contributed by atoms with Crippen LogP contribution >= 0.6 is 11.6 Å². The van der Waals surface area contributed by atoms with Gasteiger partial charge in [-0.1, -0.05) is 23.7 Å². The molecular weight excluding hydrogens is 437 g/mol. The Morgan fingerprint density at radius 1 is 1.03 bits per heavy atom. The van der Waals surface area contributed by atoms with Gasteiger partial charge in [-0.05, 0) is 29.8 Å². The zero-order valence-corrected chi connectivity index (χ0v) is 17.8. The summed E-state index contributed by atoms with van der Waals surface area (Å²) in [5, 5.41) is 0.293. The number of rotatable bonds is 6. The predicted octanol–water partition coefficient (Wildman–Crippen LogP) is 4.21. The third-order valence-corrected chi connectivity index (χ3v) is 5.18. The van der Waals surface area contributed by atoms with Gasteiger partial charge in [0.05, 0.1) is 19.2 Å². The van der Waals surface area contributed by atoms with Gasteiger partial charge in [0, 0.05) is 38.3 Å². The van der Waals surface area contributed by atoms with E-state index in [-0.39, 0.29) is 11.7 Å². The molecule has 6 nitrogen and oxygen atoms in total. The van der Waals surface area contributed by atoms with Crippen LogP contribution in [0.3, 0.4) is 0 Å². The maximum Gasteiger partial charge on any atom is 0.573 e. The van der Waals surface area contributed by atoms with Gasteiger partial charge < -0.3 is 19.1 Å². The zero-order chi connectivity index (χ0) is 22.6. The van der Waals surface area contributed by atoms with Crippen molar-refractivity contribution >= 4 is 17.5 Å². The Kier molecular flexibility index (Phi) is 7.17. The van der Waals surface area contributed by atoms with Crippen LogP contribution < -0.4 is 14.2 Å². The van der Waals surface area contributed by atoms with Crippen LogP contribution in [0.5, 0.6) is 17.2 Å². The number of carbonyl (C=O) groups is 1. The number of carbonyl (C=O) groups excluding carboxylic acids is 1. The van der Waals surface area contributed by atoms with Crippen LogP contribution in [-0.4, -0.2) is 62.5 Å². The molecule has 31 heavy (non-hydrogen) atoms. The average molecular weight is 459 g/mol. The van der Waals surface area contributed by atoms with Gasteiger partial charge in [-0.3, -0.25) is 9.69 Å². The Bertz CT molecular complexity index is 914. The Hall–Kier alpha value is -2.65. The van der Waals surface area contributed by atoms with E-state index in [9.17, 15) is 18.0 Å². The first-order valence-electron chi connectivity index (χ1n) is 9.48. The molecule has 0 radical (unpaired) electrons. The zero-order valence-electron chi connectivity index (χ0n) is 17.0. The van der Waals surface area contributed by atoms with E-state index in [0.29, 0.717) is 54.8 Å². The third-order valence-electron chi connectivity index (χ3n) is 4.90. The molecule has 2 aromatic rings. The van der Waals surface area contributed by atoms with Crippen molar-refractivity contribution in [3.8, 4) is 17.2 Å².